The van der Waals surface area contributed by atoms with E-state index in [2.05, 4.69) is 4.90 Å². The van der Waals surface area contributed by atoms with Gasteiger partial charge in [-0.25, -0.2) is 0 Å². The number of carbonyl (C=O) groups is 1. The number of nitrogens with zero attached hydrogens (tertiary/aromatic N) is 1. The Labute approximate surface area is 108 Å². The number of ether oxygens (including phenoxy) is 1. The molecule has 0 bridgehead atoms. The van der Waals surface area contributed by atoms with Gasteiger partial charge in [0.05, 0.1) is 23.5 Å². The van der Waals surface area contributed by atoms with Crippen LogP contribution in [0.3, 0.4) is 0 Å². The normalized spacial score (nSPS) is 12.2. The third kappa shape index (κ3) is 2.92. The van der Waals surface area contributed by atoms with Crippen LogP contribution in [0, 0.1) is 0 Å². The van der Waals surface area contributed by atoms with E-state index in [-0.39, 0.29) is 6.04 Å². The second-order valence-electron chi connectivity index (χ2n) is 4.19. The van der Waals surface area contributed by atoms with Crippen molar-refractivity contribution in [2.24, 2.45) is 5.73 Å². The highest BCUT2D eigenvalue weighted by Gasteiger charge is 2.18. The summed E-state index contributed by atoms with van der Waals surface area (Å²) in [6.07, 6.45) is 0. The second-order valence-corrected chi connectivity index (χ2v) is 4.19. The summed E-state index contributed by atoms with van der Waals surface area (Å²) in [4.78, 5) is 13.4. The molecule has 0 aliphatic rings. The van der Waals surface area contributed by atoms with Crippen LogP contribution in [-0.2, 0) is 4.74 Å². The van der Waals surface area contributed by atoms with Crippen LogP contribution in [0.2, 0.25) is 0 Å². The number of rotatable bonds is 6. The molecule has 100 valence electrons. The van der Waals surface area contributed by atoms with Gasteiger partial charge in [0, 0.05) is 19.7 Å². The number of nitrogens with two attached hydrogens (primary N) is 2. The molecule has 1 atom stereocenters. The van der Waals surface area contributed by atoms with Crippen molar-refractivity contribution in [1.29, 1.82) is 0 Å². The lowest BCUT2D eigenvalue weighted by atomic mass is 10.1. The fourth-order valence-corrected chi connectivity index (χ4v) is 2.07. The molecule has 0 aliphatic heterocycles. The third-order valence-corrected chi connectivity index (χ3v) is 2.94. The Morgan fingerprint density at radius 1 is 1.50 bits per heavy atom. The molecule has 0 fully saturated rings. The van der Waals surface area contributed by atoms with E-state index in [4.69, 9.17) is 16.2 Å². The van der Waals surface area contributed by atoms with E-state index in [1.165, 1.54) is 0 Å². The molecule has 1 amide bonds. The van der Waals surface area contributed by atoms with Crippen LogP contribution in [0.1, 0.15) is 24.2 Å². The van der Waals surface area contributed by atoms with Crippen molar-refractivity contribution >= 4 is 17.3 Å². The summed E-state index contributed by atoms with van der Waals surface area (Å²) in [5.74, 6) is -0.509. The predicted octanol–water partition coefficient (Wildman–Crippen LogP) is 1.23. The number of nitrogen functional groups attached to an aromatic ring is 1. The molecule has 1 unspecified atom stereocenters. The maximum absolute atomic E-state index is 11.3. The van der Waals surface area contributed by atoms with Crippen LogP contribution >= 0.6 is 0 Å². The Hall–Kier alpha value is -1.75. The van der Waals surface area contributed by atoms with Crippen LogP contribution in [-0.4, -0.2) is 32.2 Å². The minimum absolute atomic E-state index is 0.172. The zero-order valence-corrected chi connectivity index (χ0v) is 11.1. The second kappa shape index (κ2) is 6.26. The van der Waals surface area contributed by atoms with Gasteiger partial charge in [0.1, 0.15) is 0 Å². The van der Waals surface area contributed by atoms with E-state index in [0.717, 1.165) is 12.2 Å². The molecular formula is C13H21N3O2. The SMILES string of the molecule is CCN(c1cccc(C(N)=O)c1N)C(C)COC. The lowest BCUT2D eigenvalue weighted by Crippen LogP contribution is -2.36. The molecule has 4 N–H and O–H groups in total. The zero-order chi connectivity index (χ0) is 13.7. The van der Waals surface area contributed by atoms with E-state index in [1.54, 1.807) is 19.2 Å². The zero-order valence-electron chi connectivity index (χ0n) is 11.1. The first-order chi connectivity index (χ1) is 8.52. The average molecular weight is 251 g/mol. The van der Waals surface area contributed by atoms with E-state index < -0.39 is 5.91 Å². The van der Waals surface area contributed by atoms with Crippen molar-refractivity contribution in [1.82, 2.24) is 0 Å². The number of para-hydroxylation sites is 1. The highest BCUT2D eigenvalue weighted by Crippen LogP contribution is 2.27. The number of primary amides is 1. The fraction of sp³-hybridized carbons (Fsp3) is 0.462. The van der Waals surface area contributed by atoms with E-state index >= 15 is 0 Å². The molecule has 0 saturated heterocycles. The maximum Gasteiger partial charge on any atom is 0.250 e. The van der Waals surface area contributed by atoms with Crippen molar-refractivity contribution < 1.29 is 9.53 Å². The Kier molecular flexibility index (Phi) is 4.97. The molecule has 0 aromatic heterocycles. The van der Waals surface area contributed by atoms with Gasteiger partial charge in [-0.1, -0.05) is 6.07 Å². The quantitative estimate of drug-likeness (QED) is 0.745. The first-order valence-corrected chi connectivity index (χ1v) is 5.96. The van der Waals surface area contributed by atoms with Gasteiger partial charge in [-0.05, 0) is 26.0 Å². The van der Waals surface area contributed by atoms with Crippen LogP contribution in [0.4, 0.5) is 11.4 Å². The number of benzene rings is 1. The molecule has 1 rings (SSSR count). The van der Waals surface area contributed by atoms with Gasteiger partial charge in [-0.3, -0.25) is 4.79 Å². The van der Waals surface area contributed by atoms with E-state index in [1.807, 2.05) is 19.9 Å². The number of hydrogen-bond donors (Lipinski definition) is 2. The molecule has 0 heterocycles. The minimum Gasteiger partial charge on any atom is -0.396 e. The van der Waals surface area contributed by atoms with Gasteiger partial charge in [0.15, 0.2) is 0 Å². The summed E-state index contributed by atoms with van der Waals surface area (Å²) in [5.41, 5.74) is 12.9. The summed E-state index contributed by atoms with van der Waals surface area (Å²) < 4.78 is 5.15. The summed E-state index contributed by atoms with van der Waals surface area (Å²) in [6, 6.07) is 5.48. The van der Waals surface area contributed by atoms with Crippen molar-refractivity contribution in [3.63, 3.8) is 0 Å². The Balaban J connectivity index is 3.14. The summed E-state index contributed by atoms with van der Waals surface area (Å²) >= 11 is 0. The van der Waals surface area contributed by atoms with Gasteiger partial charge < -0.3 is 21.1 Å². The number of carbonyl (C=O) groups excluding carboxylic acids is 1. The lowest BCUT2D eigenvalue weighted by molar-refractivity contribution is 0.100. The molecule has 1 aromatic rings. The fourth-order valence-electron chi connectivity index (χ4n) is 2.07. The van der Waals surface area contributed by atoms with Gasteiger partial charge in [-0.2, -0.15) is 0 Å². The maximum atomic E-state index is 11.3. The standard InChI is InChI=1S/C13H21N3O2/c1-4-16(9(2)8-18-3)11-7-5-6-10(12(11)14)13(15)17/h5-7,9H,4,8,14H2,1-3H3,(H2,15,17). The molecule has 5 heteroatoms. The van der Waals surface area contributed by atoms with Crippen LogP contribution in [0.25, 0.3) is 0 Å². The summed E-state index contributed by atoms with van der Waals surface area (Å²) in [5, 5.41) is 0. The highest BCUT2D eigenvalue weighted by atomic mass is 16.5. The largest absolute Gasteiger partial charge is 0.396 e. The van der Waals surface area contributed by atoms with Crippen molar-refractivity contribution in [2.45, 2.75) is 19.9 Å². The smallest absolute Gasteiger partial charge is 0.250 e. The Morgan fingerprint density at radius 2 is 2.17 bits per heavy atom. The summed E-state index contributed by atoms with van der Waals surface area (Å²) in [7, 11) is 1.66. The number of anilines is 2. The van der Waals surface area contributed by atoms with Crippen LogP contribution in [0.5, 0.6) is 0 Å². The molecule has 0 saturated carbocycles. The van der Waals surface area contributed by atoms with Crippen molar-refractivity contribution in [2.75, 3.05) is 30.9 Å². The lowest BCUT2D eigenvalue weighted by Gasteiger charge is -2.31. The Morgan fingerprint density at radius 3 is 2.67 bits per heavy atom. The molecule has 0 radical (unpaired) electrons. The average Bonchev–Trinajstić information content (AvgIpc) is 2.32. The first kappa shape index (κ1) is 14.3. The molecule has 18 heavy (non-hydrogen) atoms. The highest BCUT2D eigenvalue weighted by molar-refractivity contribution is 6.00. The molecule has 0 spiro atoms. The van der Waals surface area contributed by atoms with Crippen molar-refractivity contribution in [3.8, 4) is 0 Å². The third-order valence-electron chi connectivity index (χ3n) is 2.94. The molecular weight excluding hydrogens is 230 g/mol. The topological polar surface area (TPSA) is 81.6 Å². The van der Waals surface area contributed by atoms with Crippen molar-refractivity contribution in [3.05, 3.63) is 23.8 Å². The molecule has 0 aliphatic carbocycles. The Bertz CT molecular complexity index is 421. The minimum atomic E-state index is -0.509. The number of methoxy groups -OCH3 is 1. The van der Waals surface area contributed by atoms with E-state index in [9.17, 15) is 4.79 Å². The van der Waals surface area contributed by atoms with Crippen LogP contribution in [0.15, 0.2) is 18.2 Å². The monoisotopic (exact) mass is 251 g/mol. The van der Waals surface area contributed by atoms with Gasteiger partial charge >= 0.3 is 0 Å². The van der Waals surface area contributed by atoms with E-state index in [0.29, 0.717) is 17.9 Å². The van der Waals surface area contributed by atoms with Gasteiger partial charge in [-0.15, -0.1) is 0 Å². The molecule has 5 nitrogen and oxygen atoms in total. The molecule has 1 aromatic carbocycles. The van der Waals surface area contributed by atoms with Gasteiger partial charge in [0.2, 0.25) is 0 Å². The van der Waals surface area contributed by atoms with Gasteiger partial charge in [0.25, 0.3) is 5.91 Å². The number of hydrogen-bond acceptors (Lipinski definition) is 4. The number of likely N-dealkylation sites (N-methyl/N-ethyl adjacent to an activating group) is 1. The predicted molar refractivity (Wildman–Crippen MR) is 73.7 cm³/mol. The summed E-state index contributed by atoms with van der Waals surface area (Å²) in [6.45, 7) is 5.44. The number of amides is 1. The van der Waals surface area contributed by atoms with Crippen LogP contribution < -0.4 is 16.4 Å². The first-order valence-electron chi connectivity index (χ1n) is 5.96.